The van der Waals surface area contributed by atoms with E-state index in [1.807, 2.05) is 47.0 Å². The number of fused-ring (bicyclic) bond motifs is 2. The molecule has 0 fully saturated rings. The van der Waals surface area contributed by atoms with E-state index in [4.69, 9.17) is 5.10 Å². The van der Waals surface area contributed by atoms with Crippen molar-refractivity contribution in [1.82, 2.24) is 19.8 Å². The maximum absolute atomic E-state index is 12.8. The van der Waals surface area contributed by atoms with Gasteiger partial charge in [0.25, 0.3) is 0 Å². The van der Waals surface area contributed by atoms with E-state index in [1.165, 1.54) is 0 Å². The van der Waals surface area contributed by atoms with Crippen molar-refractivity contribution in [3.05, 3.63) is 58.4 Å². The number of para-hydroxylation sites is 2. The van der Waals surface area contributed by atoms with Crippen molar-refractivity contribution in [2.75, 3.05) is 27.2 Å². The quantitative estimate of drug-likeness (QED) is 0.452. The smallest absolute Gasteiger partial charge is 0.197 e. The Balaban J connectivity index is 1.87. The Morgan fingerprint density at radius 3 is 2.62 bits per heavy atom. The van der Waals surface area contributed by atoms with Gasteiger partial charge in [-0.15, -0.1) is 0 Å². The molecule has 0 unspecified atom stereocenters. The second-order valence-corrected chi connectivity index (χ2v) is 6.39. The van der Waals surface area contributed by atoms with Gasteiger partial charge in [0.1, 0.15) is 0 Å². The van der Waals surface area contributed by atoms with Gasteiger partial charge in [0, 0.05) is 35.8 Å². The molecule has 0 radical (unpaired) electrons. The zero-order valence-electron chi connectivity index (χ0n) is 13.9. The molecule has 0 spiro atoms. The first kappa shape index (κ1) is 15.1. The van der Waals surface area contributed by atoms with Crippen LogP contribution in [0.2, 0.25) is 0 Å². The third-order valence-electron chi connectivity index (χ3n) is 4.43. The molecule has 2 aromatic heterocycles. The Morgan fingerprint density at radius 2 is 1.79 bits per heavy atom. The molecule has 2 heterocycles. The number of benzene rings is 2. The Kier molecular flexibility index (Phi) is 3.67. The van der Waals surface area contributed by atoms with Gasteiger partial charge in [-0.1, -0.05) is 24.3 Å². The Hall–Kier alpha value is -2.50. The molecular formula is C19H20N4O. The minimum atomic E-state index is 0.0794. The second kappa shape index (κ2) is 5.85. The van der Waals surface area contributed by atoms with Crippen molar-refractivity contribution in [1.29, 1.82) is 0 Å². The molecule has 5 heteroatoms. The fraction of sp³-hybridized carbons (Fsp3) is 0.263. The Morgan fingerprint density at radius 1 is 1.04 bits per heavy atom. The number of hydrogen-bond acceptors (Lipinski definition) is 4. The third-order valence-corrected chi connectivity index (χ3v) is 4.43. The largest absolute Gasteiger partial charge is 0.310 e. The fourth-order valence-electron chi connectivity index (χ4n) is 3.22. The molecule has 0 saturated heterocycles. The van der Waals surface area contributed by atoms with Gasteiger partial charge >= 0.3 is 0 Å². The molecule has 0 atom stereocenters. The lowest BCUT2D eigenvalue weighted by atomic mass is 10.1. The van der Waals surface area contributed by atoms with E-state index in [-0.39, 0.29) is 5.43 Å². The van der Waals surface area contributed by atoms with Crippen LogP contribution < -0.4 is 10.7 Å². The minimum Gasteiger partial charge on any atom is -0.310 e. The van der Waals surface area contributed by atoms with Gasteiger partial charge in [0.2, 0.25) is 0 Å². The van der Waals surface area contributed by atoms with Crippen molar-refractivity contribution >= 4 is 27.2 Å². The summed E-state index contributed by atoms with van der Waals surface area (Å²) in [5.41, 5.74) is 2.85. The van der Waals surface area contributed by atoms with E-state index in [1.54, 1.807) is 0 Å². The molecule has 2 aromatic carbocycles. The third kappa shape index (κ3) is 2.33. The van der Waals surface area contributed by atoms with Crippen LogP contribution in [-0.2, 0) is 6.54 Å². The lowest BCUT2D eigenvalue weighted by molar-refractivity contribution is 0.399. The van der Waals surface area contributed by atoms with Crippen LogP contribution in [0.25, 0.3) is 27.2 Å². The first-order chi connectivity index (χ1) is 11.7. The number of rotatable bonds is 5. The summed E-state index contributed by atoms with van der Waals surface area (Å²) in [6, 6.07) is 13.6. The molecule has 0 bridgehead atoms. The van der Waals surface area contributed by atoms with Gasteiger partial charge in [-0.2, -0.15) is 5.10 Å². The second-order valence-electron chi connectivity index (χ2n) is 6.39. The van der Waals surface area contributed by atoms with Crippen LogP contribution >= 0.6 is 0 Å². The number of aromatic nitrogens is 2. The van der Waals surface area contributed by atoms with Crippen LogP contribution in [0.15, 0.2) is 47.3 Å². The average Bonchev–Trinajstić information content (AvgIpc) is 2.96. The van der Waals surface area contributed by atoms with Crippen LogP contribution in [0.4, 0.5) is 0 Å². The number of pyridine rings is 1. The zero-order valence-corrected chi connectivity index (χ0v) is 13.9. The van der Waals surface area contributed by atoms with Gasteiger partial charge in [0.15, 0.2) is 5.43 Å². The standard InChI is InChI=1S/C19H20N4O/c1-22(2)11-10-20-12-16-13-7-5-8-15-18(13)23(21-16)17-9-4-3-6-14(17)19(15)24/h3-9,20H,10-12H2,1-2H3. The minimum absolute atomic E-state index is 0.0794. The molecule has 0 aliphatic carbocycles. The van der Waals surface area contributed by atoms with Crippen molar-refractivity contribution in [2.45, 2.75) is 6.54 Å². The molecule has 1 N–H and O–H groups in total. The molecule has 5 nitrogen and oxygen atoms in total. The lowest BCUT2D eigenvalue weighted by Gasteiger charge is -2.09. The van der Waals surface area contributed by atoms with Gasteiger partial charge < -0.3 is 10.2 Å². The molecule has 0 amide bonds. The molecule has 4 aromatic rings. The average molecular weight is 320 g/mol. The van der Waals surface area contributed by atoms with Crippen LogP contribution in [0, 0.1) is 0 Å². The van der Waals surface area contributed by atoms with Crippen molar-refractivity contribution in [3.63, 3.8) is 0 Å². The predicted molar refractivity (Wildman–Crippen MR) is 97.9 cm³/mol. The Bertz CT molecular complexity index is 1070. The van der Waals surface area contributed by atoms with Crippen LogP contribution in [0.5, 0.6) is 0 Å². The van der Waals surface area contributed by atoms with E-state index in [9.17, 15) is 4.79 Å². The molecule has 0 aliphatic rings. The highest BCUT2D eigenvalue weighted by Crippen LogP contribution is 2.25. The van der Waals surface area contributed by atoms with Crippen molar-refractivity contribution in [3.8, 4) is 0 Å². The van der Waals surface area contributed by atoms with Gasteiger partial charge in [0.05, 0.1) is 16.7 Å². The number of nitrogens with zero attached hydrogens (tertiary/aromatic N) is 3. The molecule has 4 rings (SSSR count). The topological polar surface area (TPSA) is 49.6 Å². The van der Waals surface area contributed by atoms with E-state index in [0.29, 0.717) is 11.9 Å². The fourth-order valence-corrected chi connectivity index (χ4v) is 3.22. The van der Waals surface area contributed by atoms with Gasteiger partial charge in [-0.05, 0) is 32.3 Å². The summed E-state index contributed by atoms with van der Waals surface area (Å²) < 4.78 is 1.92. The SMILES string of the molecule is CN(C)CCNCc1nn2c3ccccc3c(=O)c3cccc1c32. The monoisotopic (exact) mass is 320 g/mol. The number of likely N-dealkylation sites (N-methyl/N-ethyl adjacent to an activating group) is 1. The highest BCUT2D eigenvalue weighted by atomic mass is 16.1. The summed E-state index contributed by atoms with van der Waals surface area (Å²) in [4.78, 5) is 14.9. The van der Waals surface area contributed by atoms with E-state index < -0.39 is 0 Å². The highest BCUT2D eigenvalue weighted by Gasteiger charge is 2.16. The maximum atomic E-state index is 12.8. The van der Waals surface area contributed by atoms with E-state index >= 15 is 0 Å². The first-order valence-electron chi connectivity index (χ1n) is 8.17. The summed E-state index contributed by atoms with van der Waals surface area (Å²) in [6.45, 7) is 2.57. The maximum Gasteiger partial charge on any atom is 0.197 e. The first-order valence-corrected chi connectivity index (χ1v) is 8.17. The van der Waals surface area contributed by atoms with E-state index in [0.717, 1.165) is 40.6 Å². The highest BCUT2D eigenvalue weighted by molar-refractivity contribution is 6.03. The molecular weight excluding hydrogens is 300 g/mol. The lowest BCUT2D eigenvalue weighted by Crippen LogP contribution is -2.26. The molecule has 24 heavy (non-hydrogen) atoms. The molecule has 0 aliphatic heterocycles. The van der Waals surface area contributed by atoms with Crippen molar-refractivity contribution < 1.29 is 0 Å². The van der Waals surface area contributed by atoms with Crippen LogP contribution in [0.3, 0.4) is 0 Å². The molecule has 0 saturated carbocycles. The van der Waals surface area contributed by atoms with Gasteiger partial charge in [-0.3, -0.25) is 4.79 Å². The van der Waals surface area contributed by atoms with Crippen molar-refractivity contribution in [2.24, 2.45) is 0 Å². The summed E-state index contributed by atoms with van der Waals surface area (Å²) in [6.07, 6.45) is 0. The number of nitrogens with one attached hydrogen (secondary N) is 1. The normalized spacial score (nSPS) is 12.1. The zero-order chi connectivity index (χ0) is 16.7. The molecule has 122 valence electrons. The predicted octanol–water partition coefficient (Wildman–Crippen LogP) is 2.09. The summed E-state index contributed by atoms with van der Waals surface area (Å²) in [7, 11) is 4.12. The van der Waals surface area contributed by atoms with Crippen LogP contribution in [-0.4, -0.2) is 41.7 Å². The van der Waals surface area contributed by atoms with Gasteiger partial charge in [-0.25, -0.2) is 4.52 Å². The van der Waals surface area contributed by atoms with E-state index in [2.05, 4.69) is 24.3 Å². The Labute approximate surface area is 139 Å². The summed E-state index contributed by atoms with van der Waals surface area (Å²) in [5, 5.41) is 10.7. The summed E-state index contributed by atoms with van der Waals surface area (Å²) in [5.74, 6) is 0. The van der Waals surface area contributed by atoms with Crippen LogP contribution in [0.1, 0.15) is 5.69 Å². The summed E-state index contributed by atoms with van der Waals surface area (Å²) >= 11 is 0. The number of hydrogen-bond donors (Lipinski definition) is 1.